The lowest BCUT2D eigenvalue weighted by Gasteiger charge is -2.16. The van der Waals surface area contributed by atoms with E-state index >= 15 is 0 Å². The number of hydrogen-bond acceptors (Lipinski definition) is 3. The van der Waals surface area contributed by atoms with Crippen molar-refractivity contribution in [3.63, 3.8) is 0 Å². The number of aryl methyl sites for hydroxylation is 1. The smallest absolute Gasteiger partial charge is 0.222 e. The molecule has 1 aromatic carbocycles. The molecule has 0 aliphatic carbocycles. The fraction of sp³-hybridized carbons (Fsp3) is 0.471. The van der Waals surface area contributed by atoms with E-state index in [1.54, 1.807) is 11.3 Å². The average molecular weight is 339 g/mol. The SMILES string of the molecule is Cl.NCC1CCN(C(=O)CCCc2csc3ccccc23)C1. The lowest BCUT2D eigenvalue weighted by molar-refractivity contribution is -0.130. The lowest BCUT2D eigenvalue weighted by Crippen LogP contribution is -2.29. The summed E-state index contributed by atoms with van der Waals surface area (Å²) in [4.78, 5) is 14.2. The van der Waals surface area contributed by atoms with E-state index in [4.69, 9.17) is 5.73 Å². The van der Waals surface area contributed by atoms with Crippen LogP contribution in [0.25, 0.3) is 10.1 Å². The van der Waals surface area contributed by atoms with E-state index < -0.39 is 0 Å². The number of benzene rings is 1. The number of likely N-dealkylation sites (tertiary alicyclic amines) is 1. The summed E-state index contributed by atoms with van der Waals surface area (Å²) in [5, 5.41) is 3.58. The molecule has 2 heterocycles. The van der Waals surface area contributed by atoms with Gasteiger partial charge in [0.1, 0.15) is 0 Å². The maximum Gasteiger partial charge on any atom is 0.222 e. The molecule has 1 aliphatic heterocycles. The number of fused-ring (bicyclic) bond motifs is 1. The second-order valence-electron chi connectivity index (χ2n) is 5.84. The van der Waals surface area contributed by atoms with Crippen molar-refractivity contribution in [2.45, 2.75) is 25.7 Å². The van der Waals surface area contributed by atoms with Gasteiger partial charge in [0.05, 0.1) is 0 Å². The number of amides is 1. The molecule has 5 heteroatoms. The topological polar surface area (TPSA) is 46.3 Å². The minimum Gasteiger partial charge on any atom is -0.342 e. The molecule has 2 N–H and O–H groups in total. The highest BCUT2D eigenvalue weighted by atomic mass is 35.5. The standard InChI is InChI=1S/C17H22N2OS.ClH/c18-10-13-8-9-19(11-13)17(20)7-3-4-14-12-21-16-6-2-1-5-15(14)16;/h1-2,5-6,12-13H,3-4,7-11,18H2;1H. The Labute approximate surface area is 141 Å². The van der Waals surface area contributed by atoms with Crippen LogP contribution in [0.4, 0.5) is 0 Å². The minimum atomic E-state index is 0. The zero-order valence-electron chi connectivity index (χ0n) is 12.7. The number of nitrogens with zero attached hydrogens (tertiary/aromatic N) is 1. The molecule has 1 aromatic heterocycles. The van der Waals surface area contributed by atoms with Crippen molar-refractivity contribution in [2.75, 3.05) is 19.6 Å². The van der Waals surface area contributed by atoms with Crippen molar-refractivity contribution in [1.82, 2.24) is 4.90 Å². The predicted molar refractivity (Wildman–Crippen MR) is 95.8 cm³/mol. The number of carbonyl (C=O) groups excluding carboxylic acids is 1. The van der Waals surface area contributed by atoms with Gasteiger partial charge in [-0.15, -0.1) is 23.7 Å². The summed E-state index contributed by atoms with van der Waals surface area (Å²) in [6.45, 7) is 2.45. The third kappa shape index (κ3) is 3.80. The summed E-state index contributed by atoms with van der Waals surface area (Å²) in [6, 6.07) is 8.50. The summed E-state index contributed by atoms with van der Waals surface area (Å²) in [5.74, 6) is 0.806. The summed E-state index contributed by atoms with van der Waals surface area (Å²) in [5.41, 5.74) is 7.06. The molecule has 3 rings (SSSR count). The number of halogens is 1. The van der Waals surface area contributed by atoms with Crippen LogP contribution in [0.1, 0.15) is 24.8 Å². The van der Waals surface area contributed by atoms with E-state index in [0.29, 0.717) is 24.8 Å². The maximum atomic E-state index is 12.2. The highest BCUT2D eigenvalue weighted by Gasteiger charge is 2.24. The fourth-order valence-corrected chi connectivity index (χ4v) is 4.06. The third-order valence-electron chi connectivity index (χ3n) is 4.37. The molecular weight excluding hydrogens is 316 g/mol. The highest BCUT2D eigenvalue weighted by Crippen LogP contribution is 2.27. The van der Waals surface area contributed by atoms with Crippen molar-refractivity contribution < 1.29 is 4.79 Å². The Balaban J connectivity index is 0.00000176. The van der Waals surface area contributed by atoms with Gasteiger partial charge < -0.3 is 10.6 Å². The van der Waals surface area contributed by atoms with Gasteiger partial charge in [-0.2, -0.15) is 0 Å². The zero-order chi connectivity index (χ0) is 14.7. The molecule has 1 atom stereocenters. The molecule has 0 spiro atoms. The number of nitrogens with two attached hydrogens (primary N) is 1. The molecule has 3 nitrogen and oxygen atoms in total. The van der Waals surface area contributed by atoms with Crippen LogP contribution >= 0.6 is 23.7 Å². The van der Waals surface area contributed by atoms with Gasteiger partial charge in [0.15, 0.2) is 0 Å². The van der Waals surface area contributed by atoms with Crippen molar-refractivity contribution in [1.29, 1.82) is 0 Å². The number of thiophene rings is 1. The number of hydrogen-bond donors (Lipinski definition) is 1. The molecule has 120 valence electrons. The van der Waals surface area contributed by atoms with Crippen LogP contribution < -0.4 is 5.73 Å². The van der Waals surface area contributed by atoms with Crippen LogP contribution in [0.3, 0.4) is 0 Å². The fourth-order valence-electron chi connectivity index (χ4n) is 3.07. The first-order valence-corrected chi connectivity index (χ1v) is 8.59. The summed E-state index contributed by atoms with van der Waals surface area (Å²) >= 11 is 1.79. The molecule has 1 amide bonds. The van der Waals surface area contributed by atoms with Crippen molar-refractivity contribution in [3.05, 3.63) is 35.2 Å². The lowest BCUT2D eigenvalue weighted by atomic mass is 10.1. The van der Waals surface area contributed by atoms with Gasteiger partial charge in [0.2, 0.25) is 5.91 Å². The normalized spacial score (nSPS) is 17.7. The second-order valence-corrected chi connectivity index (χ2v) is 6.75. The van der Waals surface area contributed by atoms with E-state index in [1.807, 2.05) is 4.90 Å². The Morgan fingerprint density at radius 2 is 2.18 bits per heavy atom. The van der Waals surface area contributed by atoms with Gasteiger partial charge >= 0.3 is 0 Å². The van der Waals surface area contributed by atoms with Crippen LogP contribution in [-0.4, -0.2) is 30.4 Å². The molecule has 0 bridgehead atoms. The van der Waals surface area contributed by atoms with E-state index in [2.05, 4.69) is 29.6 Å². The van der Waals surface area contributed by atoms with Crippen LogP contribution in [0.2, 0.25) is 0 Å². The van der Waals surface area contributed by atoms with E-state index in [1.165, 1.54) is 15.6 Å². The molecule has 1 saturated heterocycles. The molecule has 0 radical (unpaired) electrons. The largest absolute Gasteiger partial charge is 0.342 e. The average Bonchev–Trinajstić information content (AvgIpc) is 3.14. The summed E-state index contributed by atoms with van der Waals surface area (Å²) in [7, 11) is 0. The zero-order valence-corrected chi connectivity index (χ0v) is 14.3. The Hall–Kier alpha value is -1.10. The second kappa shape index (κ2) is 7.95. The molecule has 0 saturated carbocycles. The number of rotatable bonds is 5. The first kappa shape index (κ1) is 17.3. The quantitative estimate of drug-likeness (QED) is 0.907. The summed E-state index contributed by atoms with van der Waals surface area (Å²) < 4.78 is 1.34. The van der Waals surface area contributed by atoms with Gasteiger partial charge in [-0.05, 0) is 54.1 Å². The number of carbonyl (C=O) groups is 1. The molecular formula is C17H23ClN2OS. The minimum absolute atomic E-state index is 0. The Bertz CT molecular complexity index is 628. The van der Waals surface area contributed by atoms with E-state index in [0.717, 1.165) is 32.4 Å². The van der Waals surface area contributed by atoms with Crippen molar-refractivity contribution in [3.8, 4) is 0 Å². The van der Waals surface area contributed by atoms with E-state index in [9.17, 15) is 4.79 Å². The van der Waals surface area contributed by atoms with Crippen LogP contribution in [-0.2, 0) is 11.2 Å². The Morgan fingerprint density at radius 1 is 1.36 bits per heavy atom. The van der Waals surface area contributed by atoms with Gasteiger partial charge in [0.25, 0.3) is 0 Å². The van der Waals surface area contributed by atoms with Gasteiger partial charge in [-0.1, -0.05) is 18.2 Å². The van der Waals surface area contributed by atoms with Crippen LogP contribution in [0.15, 0.2) is 29.6 Å². The van der Waals surface area contributed by atoms with Crippen molar-refractivity contribution in [2.24, 2.45) is 11.7 Å². The van der Waals surface area contributed by atoms with E-state index in [-0.39, 0.29) is 12.4 Å². The van der Waals surface area contributed by atoms with Crippen molar-refractivity contribution >= 4 is 39.7 Å². The summed E-state index contributed by atoms with van der Waals surface area (Å²) in [6.07, 6.45) is 3.64. The third-order valence-corrected chi connectivity index (χ3v) is 5.38. The van der Waals surface area contributed by atoms with Gasteiger partial charge in [-0.25, -0.2) is 0 Å². The monoisotopic (exact) mass is 338 g/mol. The first-order chi connectivity index (χ1) is 10.3. The highest BCUT2D eigenvalue weighted by molar-refractivity contribution is 7.17. The maximum absolute atomic E-state index is 12.2. The predicted octanol–water partition coefficient (Wildman–Crippen LogP) is 3.45. The Morgan fingerprint density at radius 3 is 2.95 bits per heavy atom. The van der Waals surface area contributed by atoms with Crippen LogP contribution in [0.5, 0.6) is 0 Å². The van der Waals surface area contributed by atoms with Gasteiger partial charge in [-0.3, -0.25) is 4.79 Å². The Kier molecular flexibility index (Phi) is 6.24. The molecule has 1 fully saturated rings. The van der Waals surface area contributed by atoms with Gasteiger partial charge in [0, 0.05) is 24.2 Å². The molecule has 1 unspecified atom stereocenters. The first-order valence-electron chi connectivity index (χ1n) is 7.71. The van der Waals surface area contributed by atoms with Crippen LogP contribution in [0, 0.1) is 5.92 Å². The molecule has 1 aliphatic rings. The molecule has 2 aromatic rings. The molecule has 22 heavy (non-hydrogen) atoms.